The molecule has 5 aromatic carbocycles. The van der Waals surface area contributed by atoms with Crippen LogP contribution in [0.1, 0.15) is 0 Å². The molecule has 0 aromatic heterocycles. The van der Waals surface area contributed by atoms with E-state index in [4.69, 9.17) is 75.6 Å². The summed E-state index contributed by atoms with van der Waals surface area (Å²) in [5.74, 6) is 1.47. The highest BCUT2D eigenvalue weighted by Gasteiger charge is 2.10. The summed E-state index contributed by atoms with van der Waals surface area (Å²) in [5, 5.41) is 18.7. The zero-order chi connectivity index (χ0) is 31.1. The Morgan fingerprint density at radius 3 is 1.50 bits per heavy atom. The lowest BCUT2D eigenvalue weighted by Crippen LogP contribution is -2.21. The van der Waals surface area contributed by atoms with Gasteiger partial charge in [0.25, 0.3) is 0 Å². The number of thiocarbonyl (C=S) groups is 2. The maximum Gasteiger partial charge on any atom is 0.175 e. The van der Waals surface area contributed by atoms with E-state index in [9.17, 15) is 0 Å². The first-order valence-corrected chi connectivity index (χ1v) is 15.3. The summed E-state index contributed by atoms with van der Waals surface area (Å²) < 4.78 is 5.92. The number of benzene rings is 5. The summed E-state index contributed by atoms with van der Waals surface area (Å²) in [6.45, 7) is 0. The van der Waals surface area contributed by atoms with Crippen LogP contribution in [0.4, 0.5) is 34.1 Å². The number of anilines is 6. The highest BCUT2D eigenvalue weighted by atomic mass is 35.5. The average molecular weight is 700 g/mol. The Kier molecular flexibility index (Phi) is 10.7. The maximum atomic E-state index is 6.16. The molecular weight excluding hydrogens is 676 g/mol. The molecule has 0 radical (unpaired) electrons. The quantitative estimate of drug-likeness (QED) is 0.103. The van der Waals surface area contributed by atoms with Crippen molar-refractivity contribution in [2.45, 2.75) is 0 Å². The van der Waals surface area contributed by atoms with Gasteiger partial charge in [-0.1, -0.05) is 64.6 Å². The van der Waals surface area contributed by atoms with Crippen LogP contribution in [0.5, 0.6) is 11.5 Å². The van der Waals surface area contributed by atoms with Crippen LogP contribution in [0.15, 0.2) is 109 Å². The summed E-state index contributed by atoms with van der Waals surface area (Å²) in [4.78, 5) is 0. The minimum atomic E-state index is 0.324. The molecule has 0 amide bonds. The Bertz CT molecular complexity index is 1770. The summed E-state index contributed by atoms with van der Waals surface area (Å²) in [5.41, 5.74) is 4.25. The molecule has 0 fully saturated rings. The third kappa shape index (κ3) is 9.37. The molecule has 0 aliphatic heterocycles. The zero-order valence-electron chi connectivity index (χ0n) is 22.6. The van der Waals surface area contributed by atoms with Crippen LogP contribution in [0, 0.1) is 0 Å². The van der Waals surface area contributed by atoms with Crippen LogP contribution in [-0.2, 0) is 0 Å². The zero-order valence-corrected chi connectivity index (χ0v) is 27.3. The lowest BCUT2D eigenvalue weighted by Gasteiger charge is -2.18. The molecule has 44 heavy (non-hydrogen) atoms. The molecule has 0 spiro atoms. The van der Waals surface area contributed by atoms with Crippen LogP contribution in [0.3, 0.4) is 0 Å². The van der Waals surface area contributed by atoms with Gasteiger partial charge >= 0.3 is 0 Å². The first-order valence-electron chi connectivity index (χ1n) is 13.0. The molecule has 12 heteroatoms. The fourth-order valence-corrected chi connectivity index (χ4v) is 5.57. The summed E-state index contributed by atoms with van der Waals surface area (Å²) in [7, 11) is 0. The lowest BCUT2D eigenvalue weighted by molar-refractivity contribution is 0.483. The van der Waals surface area contributed by atoms with Crippen LogP contribution >= 0.6 is 70.8 Å². The van der Waals surface area contributed by atoms with Gasteiger partial charge in [-0.25, -0.2) is 0 Å². The van der Waals surface area contributed by atoms with Crippen molar-refractivity contribution in [3.8, 4) is 11.5 Å². The van der Waals surface area contributed by atoms with Crippen molar-refractivity contribution in [1.82, 2.24) is 0 Å². The molecule has 0 saturated heterocycles. The number of hydrogen-bond acceptors (Lipinski definition) is 4. The second-order valence-corrected chi connectivity index (χ2v) is 11.9. The molecule has 0 heterocycles. The maximum absolute atomic E-state index is 6.16. The van der Waals surface area contributed by atoms with E-state index in [-0.39, 0.29) is 0 Å². The lowest BCUT2D eigenvalue weighted by atomic mass is 10.2. The number of rotatable bonds is 8. The van der Waals surface area contributed by atoms with Gasteiger partial charge < -0.3 is 31.3 Å². The van der Waals surface area contributed by atoms with Crippen molar-refractivity contribution in [3.05, 3.63) is 129 Å². The molecule has 5 rings (SSSR count). The van der Waals surface area contributed by atoms with Crippen molar-refractivity contribution in [2.75, 3.05) is 26.6 Å². The molecule has 5 aromatic rings. The van der Waals surface area contributed by atoms with Gasteiger partial charge in [-0.2, -0.15) is 0 Å². The Morgan fingerprint density at radius 1 is 0.455 bits per heavy atom. The van der Waals surface area contributed by atoms with E-state index in [0.29, 0.717) is 58.8 Å². The number of ether oxygens (including phenoxy) is 1. The predicted molar refractivity (Wildman–Crippen MR) is 195 cm³/mol. The molecule has 222 valence electrons. The Morgan fingerprint density at radius 2 is 0.932 bits per heavy atom. The molecule has 0 aliphatic carbocycles. The standard InChI is InChI=1S/C32H23Cl4N5OS2/c33-19-12-20(34)15-25(14-19)39-31(43)38-24-8-11-29(30(18-24)41-32(44)40-26-16-21(35)13-22(36)17-26)37-23-6-9-28(10-7-23)42-27-4-2-1-3-5-27/h1-18,37H,(H2,38,39,43)(H2,40,41,44). The van der Waals surface area contributed by atoms with Crippen molar-refractivity contribution >= 4 is 115 Å². The molecule has 0 atom stereocenters. The van der Waals surface area contributed by atoms with Crippen LogP contribution in [-0.4, -0.2) is 10.2 Å². The monoisotopic (exact) mass is 697 g/mol. The predicted octanol–water partition coefficient (Wildman–Crippen LogP) is 11.5. The smallest absolute Gasteiger partial charge is 0.175 e. The van der Waals surface area contributed by atoms with Crippen LogP contribution in [0.2, 0.25) is 20.1 Å². The molecule has 5 N–H and O–H groups in total. The minimum Gasteiger partial charge on any atom is -0.457 e. The van der Waals surface area contributed by atoms with Gasteiger partial charge in [0.15, 0.2) is 10.2 Å². The normalized spacial score (nSPS) is 10.5. The SMILES string of the molecule is S=C(Nc1cc(Cl)cc(Cl)c1)Nc1ccc(Nc2ccc(Oc3ccccc3)cc2)c(NC(=S)Nc2cc(Cl)cc(Cl)c2)c1. The fourth-order valence-electron chi connectivity index (χ4n) is 4.05. The number of hydrogen-bond donors (Lipinski definition) is 5. The number of para-hydroxylation sites is 1. The minimum absolute atomic E-state index is 0.324. The van der Waals surface area contributed by atoms with E-state index in [2.05, 4.69) is 26.6 Å². The van der Waals surface area contributed by atoms with Gasteiger partial charge in [0, 0.05) is 42.8 Å². The fraction of sp³-hybridized carbons (Fsp3) is 0. The third-order valence-corrected chi connectivity index (χ3v) is 7.16. The molecule has 0 unspecified atom stereocenters. The molecule has 0 aliphatic rings. The first-order chi connectivity index (χ1) is 21.2. The average Bonchev–Trinajstić information content (AvgIpc) is 2.95. The van der Waals surface area contributed by atoms with E-state index in [1.165, 1.54) is 0 Å². The van der Waals surface area contributed by atoms with Gasteiger partial charge in [0.1, 0.15) is 11.5 Å². The van der Waals surface area contributed by atoms with Crippen molar-refractivity contribution in [2.24, 2.45) is 0 Å². The highest BCUT2D eigenvalue weighted by molar-refractivity contribution is 7.81. The Balaban J connectivity index is 1.34. The van der Waals surface area contributed by atoms with Crippen LogP contribution < -0.4 is 31.3 Å². The molecule has 0 bridgehead atoms. The van der Waals surface area contributed by atoms with E-state index in [1.807, 2.05) is 72.8 Å². The second-order valence-electron chi connectivity index (χ2n) is 9.30. The molecule has 0 saturated carbocycles. The van der Waals surface area contributed by atoms with Crippen molar-refractivity contribution < 1.29 is 4.74 Å². The van der Waals surface area contributed by atoms with E-state index in [1.54, 1.807) is 36.4 Å². The van der Waals surface area contributed by atoms with Crippen molar-refractivity contribution in [1.29, 1.82) is 0 Å². The van der Waals surface area contributed by atoms with Crippen molar-refractivity contribution in [3.63, 3.8) is 0 Å². The summed E-state index contributed by atoms with van der Waals surface area (Å²) in [6.07, 6.45) is 0. The Hall–Kier alpha value is -3.76. The topological polar surface area (TPSA) is 69.4 Å². The van der Waals surface area contributed by atoms with E-state index < -0.39 is 0 Å². The molecular formula is C32H23Cl4N5OS2. The second kappa shape index (κ2) is 14.8. The van der Waals surface area contributed by atoms with E-state index in [0.717, 1.165) is 17.1 Å². The number of halogens is 4. The highest BCUT2D eigenvalue weighted by Crippen LogP contribution is 2.31. The van der Waals surface area contributed by atoms with Crippen LogP contribution in [0.25, 0.3) is 0 Å². The van der Waals surface area contributed by atoms with Gasteiger partial charge in [-0.15, -0.1) is 0 Å². The Labute approximate surface area is 285 Å². The van der Waals surface area contributed by atoms with Gasteiger partial charge in [0.05, 0.1) is 11.4 Å². The van der Waals surface area contributed by atoms with Gasteiger partial charge in [-0.3, -0.25) is 0 Å². The number of nitrogens with one attached hydrogen (secondary N) is 5. The summed E-state index contributed by atoms with van der Waals surface area (Å²) >= 11 is 35.7. The van der Waals surface area contributed by atoms with E-state index >= 15 is 0 Å². The van der Waals surface area contributed by atoms with Gasteiger partial charge in [0.2, 0.25) is 0 Å². The third-order valence-electron chi connectivity index (χ3n) is 5.88. The molecule has 6 nitrogen and oxygen atoms in total. The largest absolute Gasteiger partial charge is 0.457 e. The summed E-state index contributed by atoms with van der Waals surface area (Å²) in [6, 6.07) is 33.1. The first kappa shape index (κ1) is 31.7. The van der Waals surface area contributed by atoms with Gasteiger partial charge in [-0.05, 0) is 115 Å².